The van der Waals surface area contributed by atoms with Crippen LogP contribution in [0.2, 0.25) is 0 Å². The zero-order valence-electron chi connectivity index (χ0n) is 19.9. The van der Waals surface area contributed by atoms with Crippen LogP contribution in [0.4, 0.5) is 9.52 Å². The summed E-state index contributed by atoms with van der Waals surface area (Å²) < 4.78 is 25.7. The second-order valence-electron chi connectivity index (χ2n) is 7.91. The molecule has 6 nitrogen and oxygen atoms in total. The van der Waals surface area contributed by atoms with Gasteiger partial charge in [-0.15, -0.1) is 0 Å². The van der Waals surface area contributed by atoms with Gasteiger partial charge in [0.05, 0.1) is 23.0 Å². The Bertz CT molecular complexity index is 1540. The van der Waals surface area contributed by atoms with Crippen molar-refractivity contribution in [3.8, 4) is 17.2 Å². The lowest BCUT2D eigenvalue weighted by Gasteiger charge is -2.14. The van der Waals surface area contributed by atoms with E-state index >= 15 is 0 Å². The third-order valence-electron chi connectivity index (χ3n) is 5.31. The van der Waals surface area contributed by atoms with E-state index in [0.717, 1.165) is 11.3 Å². The highest BCUT2D eigenvalue weighted by molar-refractivity contribution is 7.22. The Morgan fingerprint density at radius 3 is 2.38 bits per heavy atom. The lowest BCUT2D eigenvalue weighted by molar-refractivity contribution is 0.0988. The molecule has 0 spiro atoms. The van der Waals surface area contributed by atoms with Gasteiger partial charge in [-0.2, -0.15) is 10.1 Å². The van der Waals surface area contributed by atoms with Crippen molar-refractivity contribution in [2.24, 2.45) is 5.10 Å². The third-order valence-corrected chi connectivity index (χ3v) is 6.30. The minimum absolute atomic E-state index is 0.331. The average Bonchev–Trinajstić information content (AvgIpc) is 3.33. The molecule has 0 saturated carbocycles. The van der Waals surface area contributed by atoms with E-state index in [4.69, 9.17) is 9.47 Å². The Hall–Kier alpha value is -4.56. The molecule has 1 aromatic heterocycles. The van der Waals surface area contributed by atoms with E-state index in [1.54, 1.807) is 36.5 Å². The SMILES string of the molecule is CCOc1ccc(/C=N/N(C(=O)c2ccc(Oc3ccccc3)cc2)c2nc3ccc(F)cc3s2)cc1. The van der Waals surface area contributed by atoms with Crippen LogP contribution >= 0.6 is 11.3 Å². The zero-order valence-corrected chi connectivity index (χ0v) is 20.7. The summed E-state index contributed by atoms with van der Waals surface area (Å²) in [5.41, 5.74) is 1.76. The number of hydrogen-bond acceptors (Lipinski definition) is 6. The quantitative estimate of drug-likeness (QED) is 0.162. The van der Waals surface area contributed by atoms with Gasteiger partial charge in [-0.25, -0.2) is 9.37 Å². The predicted octanol–water partition coefficient (Wildman–Crippen LogP) is 7.31. The number of halogens is 1. The maximum absolute atomic E-state index is 13.8. The largest absolute Gasteiger partial charge is 0.494 e. The van der Waals surface area contributed by atoms with Gasteiger partial charge in [0, 0.05) is 5.56 Å². The summed E-state index contributed by atoms with van der Waals surface area (Å²) in [4.78, 5) is 18.1. The van der Waals surface area contributed by atoms with Gasteiger partial charge >= 0.3 is 0 Å². The van der Waals surface area contributed by atoms with Crippen LogP contribution in [0.3, 0.4) is 0 Å². The minimum Gasteiger partial charge on any atom is -0.494 e. The zero-order chi connectivity index (χ0) is 25.6. The van der Waals surface area contributed by atoms with Crippen molar-refractivity contribution in [1.82, 2.24) is 4.98 Å². The molecule has 8 heteroatoms. The first-order valence-electron chi connectivity index (χ1n) is 11.6. The highest BCUT2D eigenvalue weighted by Gasteiger charge is 2.21. The Morgan fingerprint density at radius 2 is 1.65 bits per heavy atom. The van der Waals surface area contributed by atoms with E-state index in [-0.39, 0.29) is 11.7 Å². The number of carbonyl (C=O) groups is 1. The van der Waals surface area contributed by atoms with Crippen LogP contribution in [0.1, 0.15) is 22.8 Å². The van der Waals surface area contributed by atoms with E-state index in [9.17, 15) is 9.18 Å². The number of hydrazone groups is 1. The van der Waals surface area contributed by atoms with Crippen LogP contribution in [0, 0.1) is 5.82 Å². The number of aromatic nitrogens is 1. The standard InChI is InChI=1S/C29H22FN3O3S/c1-2-35-23-13-8-20(9-14-23)19-31-33(29-32-26-17-12-22(30)18-27(26)37-29)28(34)21-10-15-25(16-11-21)36-24-6-4-3-5-7-24/h3-19H,2H2,1H3/b31-19+. The molecule has 0 fully saturated rings. The number of rotatable bonds is 8. The minimum atomic E-state index is -0.382. The molecule has 1 amide bonds. The summed E-state index contributed by atoms with van der Waals surface area (Å²) in [7, 11) is 0. The monoisotopic (exact) mass is 511 g/mol. The molecule has 0 aliphatic rings. The molecule has 0 N–H and O–H groups in total. The first kappa shape index (κ1) is 24.1. The van der Waals surface area contributed by atoms with E-state index in [0.29, 0.717) is 39.0 Å². The highest BCUT2D eigenvalue weighted by Crippen LogP contribution is 2.31. The van der Waals surface area contributed by atoms with Gasteiger partial charge in [-0.05, 0) is 91.3 Å². The molecule has 37 heavy (non-hydrogen) atoms. The number of ether oxygens (including phenoxy) is 2. The van der Waals surface area contributed by atoms with Crippen molar-refractivity contribution >= 4 is 38.8 Å². The van der Waals surface area contributed by atoms with Crippen LogP contribution < -0.4 is 14.5 Å². The van der Waals surface area contributed by atoms with Crippen molar-refractivity contribution in [2.45, 2.75) is 6.92 Å². The van der Waals surface area contributed by atoms with Crippen LogP contribution in [0.25, 0.3) is 10.2 Å². The lowest BCUT2D eigenvalue weighted by atomic mass is 10.2. The van der Waals surface area contributed by atoms with Crippen molar-refractivity contribution < 1.29 is 18.7 Å². The summed E-state index contributed by atoms with van der Waals surface area (Å²) in [6.45, 7) is 2.49. The van der Waals surface area contributed by atoms with Gasteiger partial charge in [0.2, 0.25) is 5.13 Å². The van der Waals surface area contributed by atoms with Crippen molar-refractivity contribution in [3.63, 3.8) is 0 Å². The van der Waals surface area contributed by atoms with Gasteiger partial charge in [0.15, 0.2) is 0 Å². The summed E-state index contributed by atoms with van der Waals surface area (Å²) in [5.74, 6) is 1.30. The summed E-state index contributed by atoms with van der Waals surface area (Å²) in [5, 5.41) is 6.02. The van der Waals surface area contributed by atoms with E-state index in [1.807, 2.05) is 61.5 Å². The fraction of sp³-hybridized carbons (Fsp3) is 0.0690. The lowest BCUT2D eigenvalue weighted by Crippen LogP contribution is -2.25. The Morgan fingerprint density at radius 1 is 0.946 bits per heavy atom. The molecule has 0 saturated heterocycles. The van der Waals surface area contributed by atoms with Crippen LogP contribution in [-0.4, -0.2) is 23.7 Å². The molecule has 5 rings (SSSR count). The number of nitrogens with zero attached hydrogens (tertiary/aromatic N) is 3. The number of anilines is 1. The number of benzene rings is 4. The van der Waals surface area contributed by atoms with E-state index in [2.05, 4.69) is 10.1 Å². The molecule has 5 aromatic rings. The second kappa shape index (κ2) is 11.0. The third kappa shape index (κ3) is 5.82. The fourth-order valence-corrected chi connectivity index (χ4v) is 4.47. The average molecular weight is 512 g/mol. The van der Waals surface area contributed by atoms with Gasteiger partial charge in [-0.1, -0.05) is 29.5 Å². The number of para-hydroxylation sites is 1. The Kier molecular flexibility index (Phi) is 7.19. The summed E-state index contributed by atoms with van der Waals surface area (Å²) in [6, 6.07) is 27.9. The first-order valence-corrected chi connectivity index (χ1v) is 12.4. The molecular weight excluding hydrogens is 489 g/mol. The Labute approximate surface area is 217 Å². The van der Waals surface area contributed by atoms with Crippen LogP contribution in [-0.2, 0) is 0 Å². The summed E-state index contributed by atoms with van der Waals surface area (Å²) >= 11 is 1.19. The van der Waals surface area contributed by atoms with Gasteiger partial charge in [-0.3, -0.25) is 4.79 Å². The van der Waals surface area contributed by atoms with Crippen molar-refractivity contribution in [2.75, 3.05) is 11.6 Å². The van der Waals surface area contributed by atoms with E-state index < -0.39 is 0 Å². The van der Waals surface area contributed by atoms with Crippen molar-refractivity contribution in [1.29, 1.82) is 0 Å². The molecule has 0 aliphatic heterocycles. The number of amides is 1. The smallest absolute Gasteiger partial charge is 0.280 e. The maximum Gasteiger partial charge on any atom is 0.280 e. The first-order chi connectivity index (χ1) is 18.1. The highest BCUT2D eigenvalue weighted by atomic mass is 32.1. The second-order valence-corrected chi connectivity index (χ2v) is 8.92. The topological polar surface area (TPSA) is 64.0 Å². The molecular formula is C29H22FN3O3S. The van der Waals surface area contributed by atoms with E-state index in [1.165, 1.54) is 28.5 Å². The normalized spacial score (nSPS) is 11.1. The summed E-state index contributed by atoms with van der Waals surface area (Å²) in [6.07, 6.45) is 1.58. The molecule has 0 aliphatic carbocycles. The number of thiazole rings is 1. The molecule has 1 heterocycles. The predicted molar refractivity (Wildman–Crippen MR) is 145 cm³/mol. The van der Waals surface area contributed by atoms with Gasteiger partial charge in [0.25, 0.3) is 5.91 Å². The van der Waals surface area contributed by atoms with Crippen molar-refractivity contribution in [3.05, 3.63) is 114 Å². The molecule has 0 bridgehead atoms. The number of hydrogen-bond donors (Lipinski definition) is 0. The van der Waals surface area contributed by atoms with Crippen LogP contribution in [0.5, 0.6) is 17.2 Å². The number of carbonyl (C=O) groups excluding carboxylic acids is 1. The van der Waals surface area contributed by atoms with Gasteiger partial charge < -0.3 is 9.47 Å². The Balaban J connectivity index is 1.44. The molecule has 0 unspecified atom stereocenters. The fourth-order valence-electron chi connectivity index (χ4n) is 3.52. The molecule has 184 valence electrons. The maximum atomic E-state index is 13.8. The van der Waals surface area contributed by atoms with Crippen LogP contribution in [0.15, 0.2) is 102 Å². The molecule has 4 aromatic carbocycles. The molecule has 0 atom stereocenters. The van der Waals surface area contributed by atoms with Gasteiger partial charge in [0.1, 0.15) is 23.1 Å². The number of fused-ring (bicyclic) bond motifs is 1. The molecule has 0 radical (unpaired) electrons.